The summed E-state index contributed by atoms with van der Waals surface area (Å²) in [6.07, 6.45) is 7.06. The third-order valence-corrected chi connectivity index (χ3v) is 10.8. The number of urea groups is 1. The zero-order valence-corrected chi connectivity index (χ0v) is 27.0. The van der Waals surface area contributed by atoms with Crippen LogP contribution in [-0.4, -0.2) is 100.0 Å². The number of piperidine rings is 1. The Morgan fingerprint density at radius 1 is 0.977 bits per heavy atom. The number of fused-ring (bicyclic) bond motifs is 2. The first-order valence-electron chi connectivity index (χ1n) is 16.8. The topological polar surface area (TPSA) is 73.4 Å². The van der Waals surface area contributed by atoms with Crippen molar-refractivity contribution in [1.29, 1.82) is 0 Å². The van der Waals surface area contributed by atoms with Gasteiger partial charge in [-0.05, 0) is 75.7 Å². The Bertz CT molecular complexity index is 1180. The highest BCUT2D eigenvalue weighted by Gasteiger charge is 2.63. The lowest BCUT2D eigenvalue weighted by Crippen LogP contribution is -2.62. The average molecular weight is 593 g/mol. The predicted molar refractivity (Wildman–Crippen MR) is 166 cm³/mol. The number of benzene rings is 1. The maximum absolute atomic E-state index is 14.3. The van der Waals surface area contributed by atoms with Gasteiger partial charge in [-0.25, -0.2) is 4.79 Å². The molecule has 5 atom stereocenters. The summed E-state index contributed by atoms with van der Waals surface area (Å²) in [7, 11) is 0. The van der Waals surface area contributed by atoms with E-state index in [2.05, 4.69) is 60.9 Å². The second-order valence-corrected chi connectivity index (χ2v) is 15.5. The molecule has 8 nitrogen and oxygen atoms in total. The normalized spacial score (nSPS) is 33.4. The molecule has 0 N–H and O–H groups in total. The monoisotopic (exact) mass is 592 g/mol. The van der Waals surface area contributed by atoms with Crippen molar-refractivity contribution in [1.82, 2.24) is 19.6 Å². The van der Waals surface area contributed by atoms with Gasteiger partial charge in [0.05, 0.1) is 12.6 Å². The third kappa shape index (κ3) is 5.86. The number of amides is 4. The molecule has 1 aromatic rings. The number of rotatable bonds is 7. The molecule has 2 bridgehead atoms. The second kappa shape index (κ2) is 11.8. The molecule has 8 heteroatoms. The van der Waals surface area contributed by atoms with Crippen LogP contribution in [0.4, 0.5) is 4.79 Å². The first kappa shape index (κ1) is 30.6. The minimum Gasteiger partial charge on any atom is -0.376 e. The van der Waals surface area contributed by atoms with Crippen molar-refractivity contribution < 1.29 is 19.1 Å². The highest BCUT2D eigenvalue weighted by molar-refractivity contribution is 6.07. The number of hydrogen-bond acceptors (Lipinski definition) is 5. The minimum atomic E-state index is -0.758. The van der Waals surface area contributed by atoms with Crippen LogP contribution in [0.3, 0.4) is 0 Å². The molecule has 5 saturated heterocycles. The Morgan fingerprint density at radius 3 is 2.28 bits per heavy atom. The zero-order valence-electron chi connectivity index (χ0n) is 27.0. The van der Waals surface area contributed by atoms with E-state index in [1.54, 1.807) is 0 Å². The summed E-state index contributed by atoms with van der Waals surface area (Å²) in [5, 5.41) is 0. The maximum Gasteiger partial charge on any atom is 0.327 e. The summed E-state index contributed by atoms with van der Waals surface area (Å²) >= 11 is 0. The summed E-state index contributed by atoms with van der Waals surface area (Å²) in [6.45, 7) is 14.1. The van der Waals surface area contributed by atoms with Crippen molar-refractivity contribution in [2.24, 2.45) is 11.3 Å². The van der Waals surface area contributed by atoms with Gasteiger partial charge in [0.15, 0.2) is 0 Å². The SMILES string of the molecule is CC(C)N1C(=O)N(CC2CCCCO2)C(=O)C12CC1CCC(C2)N1C[C@H]1CN(C(=O)CC(C)(C)C)C[C@@H]1c1ccccc1. The Hall–Kier alpha value is -2.45. The molecule has 0 saturated carbocycles. The van der Waals surface area contributed by atoms with Crippen LogP contribution >= 0.6 is 0 Å². The van der Waals surface area contributed by atoms with Crippen LogP contribution in [-0.2, 0) is 14.3 Å². The van der Waals surface area contributed by atoms with Crippen molar-refractivity contribution in [3.63, 3.8) is 0 Å². The van der Waals surface area contributed by atoms with E-state index in [0.717, 1.165) is 51.7 Å². The summed E-state index contributed by atoms with van der Waals surface area (Å²) in [4.78, 5) is 49.7. The van der Waals surface area contributed by atoms with Crippen LogP contribution in [0, 0.1) is 11.3 Å². The van der Waals surface area contributed by atoms with E-state index >= 15 is 0 Å². The maximum atomic E-state index is 14.3. The van der Waals surface area contributed by atoms with E-state index in [1.807, 2.05) is 18.7 Å². The lowest BCUT2D eigenvalue weighted by Gasteiger charge is -2.48. The summed E-state index contributed by atoms with van der Waals surface area (Å²) in [5.74, 6) is 0.888. The lowest BCUT2D eigenvalue weighted by molar-refractivity contribution is -0.139. The Labute approximate surface area is 258 Å². The van der Waals surface area contributed by atoms with Gasteiger partial charge in [0.2, 0.25) is 5.91 Å². The molecule has 6 rings (SSSR count). The van der Waals surface area contributed by atoms with Gasteiger partial charge in [0.1, 0.15) is 5.54 Å². The summed E-state index contributed by atoms with van der Waals surface area (Å²) < 4.78 is 5.95. The first-order chi connectivity index (χ1) is 20.5. The quantitative estimate of drug-likeness (QED) is 0.404. The van der Waals surface area contributed by atoms with E-state index in [9.17, 15) is 14.4 Å². The number of likely N-dealkylation sites (tertiary alicyclic amines) is 1. The molecule has 5 fully saturated rings. The van der Waals surface area contributed by atoms with E-state index in [1.165, 1.54) is 10.5 Å². The van der Waals surface area contributed by atoms with Crippen LogP contribution in [0.5, 0.6) is 0 Å². The van der Waals surface area contributed by atoms with Gasteiger partial charge in [0, 0.05) is 56.7 Å². The van der Waals surface area contributed by atoms with Crippen LogP contribution in [0.2, 0.25) is 0 Å². The van der Waals surface area contributed by atoms with Gasteiger partial charge in [-0.15, -0.1) is 0 Å². The van der Waals surface area contributed by atoms with Crippen molar-refractivity contribution in [3.05, 3.63) is 35.9 Å². The largest absolute Gasteiger partial charge is 0.376 e. The van der Waals surface area contributed by atoms with Crippen LogP contribution in [0.25, 0.3) is 0 Å². The molecule has 5 aliphatic rings. The molecule has 3 unspecified atom stereocenters. The summed E-state index contributed by atoms with van der Waals surface area (Å²) in [5.41, 5.74) is 0.510. The van der Waals surface area contributed by atoms with Gasteiger partial charge in [0.25, 0.3) is 5.91 Å². The Kier molecular flexibility index (Phi) is 8.40. The molecule has 4 amide bonds. The van der Waals surface area contributed by atoms with Gasteiger partial charge in [-0.3, -0.25) is 19.4 Å². The fourth-order valence-electron chi connectivity index (χ4n) is 8.95. The number of ether oxygens (including phenoxy) is 1. The van der Waals surface area contributed by atoms with Gasteiger partial charge in [-0.2, -0.15) is 0 Å². The van der Waals surface area contributed by atoms with Crippen LogP contribution in [0.1, 0.15) is 97.5 Å². The molecular weight excluding hydrogens is 540 g/mol. The smallest absolute Gasteiger partial charge is 0.327 e. The van der Waals surface area contributed by atoms with E-state index in [-0.39, 0.29) is 47.5 Å². The fourth-order valence-corrected chi connectivity index (χ4v) is 8.95. The van der Waals surface area contributed by atoms with Crippen LogP contribution in [0.15, 0.2) is 30.3 Å². The highest BCUT2D eigenvalue weighted by atomic mass is 16.5. The number of hydrogen-bond donors (Lipinski definition) is 0. The zero-order chi connectivity index (χ0) is 30.5. The standard InChI is InChI=1S/C35H52N4O4/c1-24(2)39-33(42)38(22-29-13-9-10-16-43-29)32(41)35(39)17-27-14-15-28(18-35)37(27)21-26-20-36(31(40)19-34(3,4)5)23-30(26)25-11-7-6-8-12-25/h6-8,11-12,24,26-30H,9-10,13-23H2,1-5H3/t26-,27?,28?,29?,30-,35?/m1/s1. The van der Waals surface area contributed by atoms with Gasteiger partial charge >= 0.3 is 6.03 Å². The molecular formula is C35H52N4O4. The molecule has 5 aliphatic heterocycles. The number of carbonyl (C=O) groups excluding carboxylic acids is 3. The van der Waals surface area contributed by atoms with Crippen LogP contribution < -0.4 is 0 Å². The van der Waals surface area contributed by atoms with Crippen molar-refractivity contribution in [3.8, 4) is 0 Å². The molecule has 0 aromatic heterocycles. The highest BCUT2D eigenvalue weighted by Crippen LogP contribution is 2.49. The van der Waals surface area contributed by atoms with Crippen molar-refractivity contribution in [2.75, 3.05) is 32.8 Å². The van der Waals surface area contributed by atoms with Crippen molar-refractivity contribution >= 4 is 17.8 Å². The summed E-state index contributed by atoms with van der Waals surface area (Å²) in [6, 6.07) is 11.0. The molecule has 236 valence electrons. The molecule has 1 spiro atoms. The third-order valence-electron chi connectivity index (χ3n) is 10.8. The lowest BCUT2D eigenvalue weighted by atomic mass is 9.79. The average Bonchev–Trinajstić information content (AvgIpc) is 3.54. The van der Waals surface area contributed by atoms with Gasteiger partial charge < -0.3 is 14.5 Å². The first-order valence-corrected chi connectivity index (χ1v) is 16.8. The minimum absolute atomic E-state index is 0.00101. The second-order valence-electron chi connectivity index (χ2n) is 15.5. The van der Waals surface area contributed by atoms with E-state index < -0.39 is 5.54 Å². The number of imide groups is 1. The number of carbonyl (C=O) groups is 3. The van der Waals surface area contributed by atoms with E-state index in [4.69, 9.17) is 4.74 Å². The molecule has 0 radical (unpaired) electrons. The Balaban J connectivity index is 1.21. The molecule has 5 heterocycles. The molecule has 0 aliphatic carbocycles. The number of nitrogens with zero attached hydrogens (tertiary/aromatic N) is 4. The molecule has 1 aromatic carbocycles. The fraction of sp³-hybridized carbons (Fsp3) is 0.743. The van der Waals surface area contributed by atoms with E-state index in [0.29, 0.717) is 44.2 Å². The Morgan fingerprint density at radius 2 is 1.67 bits per heavy atom. The predicted octanol–water partition coefficient (Wildman–Crippen LogP) is 5.27. The van der Waals surface area contributed by atoms with Crippen molar-refractivity contribution in [2.45, 2.75) is 122 Å². The molecule has 43 heavy (non-hydrogen) atoms. The van der Waals surface area contributed by atoms with Gasteiger partial charge in [-0.1, -0.05) is 51.1 Å².